The lowest BCUT2D eigenvalue weighted by Crippen LogP contribution is -2.29. The Morgan fingerprint density at radius 2 is 1.24 bits per heavy atom. The summed E-state index contributed by atoms with van der Waals surface area (Å²) in [6, 6.07) is 34.4. The van der Waals surface area contributed by atoms with Gasteiger partial charge in [0, 0.05) is 37.5 Å². The van der Waals surface area contributed by atoms with E-state index in [1.807, 2.05) is 109 Å². The van der Waals surface area contributed by atoms with Crippen molar-refractivity contribution in [1.82, 2.24) is 20.2 Å². The number of nitrogens with one attached hydrogen (secondary N) is 1. The zero-order chi connectivity index (χ0) is 45.1. The SMILES string of the molecule is CC(=O)C(NCCCCOCc1cccc(C)c1C(=O)O)c1ccc2ccccc2n1.COC(=O)c1c(C)cccc1COCCCCN(Cc1ccc2ccccc2n1)C(C)=O. The quantitative estimate of drug-likeness (QED) is 0.0526. The van der Waals surface area contributed by atoms with Gasteiger partial charge in [0.05, 0.1) is 60.4 Å². The number of fused-ring (bicyclic) bond motifs is 2. The molecule has 63 heavy (non-hydrogen) atoms. The van der Waals surface area contributed by atoms with Gasteiger partial charge in [0.25, 0.3) is 0 Å². The Hall–Kier alpha value is -6.34. The van der Waals surface area contributed by atoms with Crippen molar-refractivity contribution in [3.05, 3.63) is 154 Å². The highest BCUT2D eigenvalue weighted by Crippen LogP contribution is 2.20. The Labute approximate surface area is 369 Å². The first kappa shape index (κ1) is 47.7. The molecule has 0 radical (unpaired) electrons. The monoisotopic (exact) mass is 854 g/mol. The molecule has 1 atom stereocenters. The number of benzene rings is 4. The second-order valence-electron chi connectivity index (χ2n) is 15.4. The van der Waals surface area contributed by atoms with Gasteiger partial charge in [-0.05, 0) is 99.5 Å². The summed E-state index contributed by atoms with van der Waals surface area (Å²) < 4.78 is 16.4. The molecule has 0 fully saturated rings. The van der Waals surface area contributed by atoms with Gasteiger partial charge in [-0.3, -0.25) is 19.6 Å². The van der Waals surface area contributed by atoms with Crippen LogP contribution in [0.2, 0.25) is 0 Å². The van der Waals surface area contributed by atoms with Crippen LogP contribution in [0.4, 0.5) is 0 Å². The molecule has 330 valence electrons. The molecule has 6 aromatic rings. The zero-order valence-corrected chi connectivity index (χ0v) is 36.9. The first-order valence-electron chi connectivity index (χ1n) is 21.3. The average molecular weight is 855 g/mol. The molecule has 2 N–H and O–H groups in total. The minimum Gasteiger partial charge on any atom is -0.478 e. The summed E-state index contributed by atoms with van der Waals surface area (Å²) in [5.41, 5.74) is 7.41. The third kappa shape index (κ3) is 14.1. The van der Waals surface area contributed by atoms with Crippen molar-refractivity contribution in [3.8, 4) is 0 Å². The summed E-state index contributed by atoms with van der Waals surface area (Å²) in [6.07, 6.45) is 3.27. The maximum Gasteiger partial charge on any atom is 0.338 e. The molecule has 12 heteroatoms. The third-order valence-electron chi connectivity index (χ3n) is 10.6. The van der Waals surface area contributed by atoms with Gasteiger partial charge in [0.2, 0.25) is 5.91 Å². The maximum atomic E-state index is 12.1. The van der Waals surface area contributed by atoms with Crippen LogP contribution in [0.3, 0.4) is 0 Å². The van der Waals surface area contributed by atoms with Gasteiger partial charge >= 0.3 is 11.9 Å². The average Bonchev–Trinajstić information content (AvgIpc) is 3.27. The molecular weight excluding hydrogens is 797 g/mol. The minimum atomic E-state index is -0.932. The van der Waals surface area contributed by atoms with Gasteiger partial charge in [-0.1, -0.05) is 84.9 Å². The number of para-hydroxylation sites is 2. The van der Waals surface area contributed by atoms with E-state index < -0.39 is 12.0 Å². The Morgan fingerprint density at radius 1 is 0.667 bits per heavy atom. The van der Waals surface area contributed by atoms with Crippen LogP contribution in [0.25, 0.3) is 21.8 Å². The number of amides is 1. The molecule has 1 unspecified atom stereocenters. The third-order valence-corrected chi connectivity index (χ3v) is 10.6. The smallest absolute Gasteiger partial charge is 0.338 e. The molecule has 0 saturated carbocycles. The molecular formula is C51H58N4O8. The van der Waals surface area contributed by atoms with E-state index in [0.717, 1.165) is 75.6 Å². The largest absolute Gasteiger partial charge is 0.478 e. The van der Waals surface area contributed by atoms with Crippen molar-refractivity contribution >= 4 is 45.4 Å². The number of ether oxygens (including phenoxy) is 3. The van der Waals surface area contributed by atoms with E-state index in [-0.39, 0.29) is 24.3 Å². The molecule has 0 bridgehead atoms. The molecule has 0 saturated heterocycles. The molecule has 2 aromatic heterocycles. The number of hydrogen-bond acceptors (Lipinski definition) is 10. The highest BCUT2D eigenvalue weighted by atomic mass is 16.5. The number of pyridine rings is 2. The van der Waals surface area contributed by atoms with Gasteiger partial charge in [0.15, 0.2) is 5.78 Å². The van der Waals surface area contributed by atoms with Gasteiger partial charge in [-0.15, -0.1) is 0 Å². The predicted molar refractivity (Wildman–Crippen MR) is 244 cm³/mol. The molecule has 0 aliphatic carbocycles. The van der Waals surface area contributed by atoms with Crippen molar-refractivity contribution in [1.29, 1.82) is 0 Å². The number of hydrogen-bond donors (Lipinski definition) is 2. The number of carbonyl (C=O) groups is 4. The van der Waals surface area contributed by atoms with Gasteiger partial charge in [-0.25, -0.2) is 9.59 Å². The number of aromatic carboxylic acids is 1. The second kappa shape index (κ2) is 24.3. The summed E-state index contributed by atoms with van der Waals surface area (Å²) in [6.45, 7) is 10.3. The standard InChI is InChI=1S/C26H30N2O4.C25H28N2O4/c1-19-9-8-11-22(25(19)26(30)31-3)18-32-16-7-6-15-28(20(2)29)17-23-14-13-21-10-4-5-12-24(21)27-23;1-17-8-7-10-20(23(17)25(29)30)16-31-15-6-5-14-26-24(18(2)28)22-13-12-19-9-3-4-11-21(19)27-22/h4-5,8-14H,6-7,15-18H2,1-3H3;3-4,7-13,24,26H,5-6,14-16H2,1-2H3,(H,29,30). The number of carboxylic acid groups (broad SMARTS) is 1. The summed E-state index contributed by atoms with van der Waals surface area (Å²) >= 11 is 0. The fourth-order valence-corrected chi connectivity index (χ4v) is 7.28. The van der Waals surface area contributed by atoms with E-state index in [1.54, 1.807) is 32.9 Å². The molecule has 2 heterocycles. The number of methoxy groups -OCH3 is 1. The Kier molecular flexibility index (Phi) is 18.4. The molecule has 0 spiro atoms. The summed E-state index contributed by atoms with van der Waals surface area (Å²) in [5, 5.41) is 14.8. The van der Waals surface area contributed by atoms with Crippen LogP contribution in [-0.2, 0) is 43.6 Å². The van der Waals surface area contributed by atoms with E-state index >= 15 is 0 Å². The summed E-state index contributed by atoms with van der Waals surface area (Å²) in [5.74, 6) is -1.22. The summed E-state index contributed by atoms with van der Waals surface area (Å²) in [7, 11) is 1.38. The van der Waals surface area contributed by atoms with Crippen LogP contribution in [0, 0.1) is 13.8 Å². The molecule has 1 amide bonds. The topological polar surface area (TPSA) is 157 Å². The van der Waals surface area contributed by atoms with Gasteiger partial charge in [-0.2, -0.15) is 0 Å². The Bertz CT molecular complexity index is 2490. The number of aromatic nitrogens is 2. The van der Waals surface area contributed by atoms with Crippen LogP contribution < -0.4 is 5.32 Å². The van der Waals surface area contributed by atoms with E-state index in [9.17, 15) is 24.3 Å². The van der Waals surface area contributed by atoms with Crippen molar-refractivity contribution in [2.45, 2.75) is 79.2 Å². The Balaban J connectivity index is 0.000000238. The number of aryl methyl sites for hydroxylation is 2. The minimum absolute atomic E-state index is 0.0275. The number of esters is 1. The van der Waals surface area contributed by atoms with E-state index in [0.29, 0.717) is 56.1 Å². The number of ketones is 1. The van der Waals surface area contributed by atoms with Gasteiger partial charge < -0.3 is 29.5 Å². The fourth-order valence-electron chi connectivity index (χ4n) is 7.28. The number of carboxylic acids is 1. The molecule has 4 aromatic carbocycles. The van der Waals surface area contributed by atoms with Crippen LogP contribution in [-0.4, -0.2) is 77.0 Å². The van der Waals surface area contributed by atoms with Crippen molar-refractivity contribution in [3.63, 3.8) is 0 Å². The fraction of sp³-hybridized carbons (Fsp3) is 0.333. The lowest BCUT2D eigenvalue weighted by Gasteiger charge is -2.21. The van der Waals surface area contributed by atoms with E-state index in [2.05, 4.69) is 15.3 Å². The predicted octanol–water partition coefficient (Wildman–Crippen LogP) is 9.13. The number of carbonyl (C=O) groups excluding carboxylic acids is 3. The molecule has 6 rings (SSSR count). The van der Waals surface area contributed by atoms with Crippen LogP contribution in [0.15, 0.2) is 109 Å². The van der Waals surface area contributed by atoms with Crippen LogP contribution in [0.1, 0.15) is 99.9 Å². The normalized spacial score (nSPS) is 11.4. The van der Waals surface area contributed by atoms with Crippen molar-refractivity contribution in [2.24, 2.45) is 0 Å². The first-order valence-corrected chi connectivity index (χ1v) is 21.3. The zero-order valence-electron chi connectivity index (χ0n) is 36.9. The lowest BCUT2D eigenvalue weighted by atomic mass is 10.0. The first-order chi connectivity index (χ1) is 30.5. The number of nitrogens with zero attached hydrogens (tertiary/aromatic N) is 3. The highest BCUT2D eigenvalue weighted by molar-refractivity contribution is 5.93. The highest BCUT2D eigenvalue weighted by Gasteiger charge is 2.19. The lowest BCUT2D eigenvalue weighted by molar-refractivity contribution is -0.129. The second-order valence-corrected chi connectivity index (χ2v) is 15.4. The molecule has 0 aliphatic heterocycles. The van der Waals surface area contributed by atoms with E-state index in [4.69, 9.17) is 14.2 Å². The van der Waals surface area contributed by atoms with Crippen molar-refractivity contribution in [2.75, 3.05) is 33.4 Å². The van der Waals surface area contributed by atoms with E-state index in [1.165, 1.54) is 7.11 Å². The Morgan fingerprint density at radius 3 is 1.84 bits per heavy atom. The number of rotatable bonds is 21. The summed E-state index contributed by atoms with van der Waals surface area (Å²) in [4.78, 5) is 58.8. The van der Waals surface area contributed by atoms with Crippen LogP contribution in [0.5, 0.6) is 0 Å². The van der Waals surface area contributed by atoms with Crippen LogP contribution >= 0.6 is 0 Å². The van der Waals surface area contributed by atoms with Gasteiger partial charge in [0.1, 0.15) is 6.04 Å². The van der Waals surface area contributed by atoms with Crippen molar-refractivity contribution < 1.29 is 38.5 Å². The molecule has 0 aliphatic rings. The number of unbranched alkanes of at least 4 members (excludes halogenated alkanes) is 2. The maximum absolute atomic E-state index is 12.1. The number of Topliss-reactive ketones (excluding diaryl/α,β-unsaturated/α-hetero) is 1. The molecule has 12 nitrogen and oxygen atoms in total.